The van der Waals surface area contributed by atoms with Gasteiger partial charge in [0.15, 0.2) is 6.10 Å². The van der Waals surface area contributed by atoms with E-state index in [2.05, 4.69) is 69.4 Å². The van der Waals surface area contributed by atoms with Crippen molar-refractivity contribution in [1.82, 2.24) is 0 Å². The van der Waals surface area contributed by atoms with E-state index >= 15 is 0 Å². The Balaban J connectivity index is 4.41. The molecular formula is C60H106O6. The molecule has 0 spiro atoms. The third kappa shape index (κ3) is 52.1. The van der Waals surface area contributed by atoms with Crippen LogP contribution in [-0.2, 0) is 28.6 Å². The van der Waals surface area contributed by atoms with Crippen molar-refractivity contribution in [2.24, 2.45) is 0 Å². The van der Waals surface area contributed by atoms with Crippen LogP contribution in [0.15, 0.2) is 60.8 Å². The molecule has 0 rings (SSSR count). The van der Waals surface area contributed by atoms with Gasteiger partial charge in [0.2, 0.25) is 0 Å². The first-order valence-electron chi connectivity index (χ1n) is 28.3. The lowest BCUT2D eigenvalue weighted by atomic mass is 10.0. The average Bonchev–Trinajstić information content (AvgIpc) is 3.31. The Morgan fingerprint density at radius 3 is 0.864 bits per heavy atom. The second kappa shape index (κ2) is 54.7. The molecule has 382 valence electrons. The van der Waals surface area contributed by atoms with Gasteiger partial charge < -0.3 is 14.2 Å². The molecule has 66 heavy (non-hydrogen) atoms. The highest BCUT2D eigenvalue weighted by molar-refractivity contribution is 5.72. The Morgan fingerprint density at radius 2 is 0.576 bits per heavy atom. The highest BCUT2D eigenvalue weighted by Gasteiger charge is 2.19. The normalized spacial score (nSPS) is 12.5. The predicted octanol–water partition coefficient (Wildman–Crippen LogP) is 18.8. The van der Waals surface area contributed by atoms with E-state index in [1.54, 1.807) is 6.08 Å². The quantitative estimate of drug-likeness (QED) is 0.0262. The van der Waals surface area contributed by atoms with E-state index in [0.29, 0.717) is 12.8 Å². The molecule has 0 saturated carbocycles. The van der Waals surface area contributed by atoms with Crippen LogP contribution in [0.4, 0.5) is 0 Å². The van der Waals surface area contributed by atoms with E-state index in [1.807, 2.05) is 6.08 Å². The van der Waals surface area contributed by atoms with Gasteiger partial charge in [-0.15, -0.1) is 0 Å². The number of ether oxygens (including phenoxy) is 3. The summed E-state index contributed by atoms with van der Waals surface area (Å²) in [5, 5.41) is 0. The van der Waals surface area contributed by atoms with Gasteiger partial charge in [0.25, 0.3) is 0 Å². The molecule has 0 aromatic heterocycles. The Hall–Kier alpha value is -2.89. The van der Waals surface area contributed by atoms with E-state index in [1.165, 1.54) is 173 Å². The van der Waals surface area contributed by atoms with Gasteiger partial charge in [-0.25, -0.2) is 0 Å². The zero-order chi connectivity index (χ0) is 47.9. The molecule has 0 aliphatic carbocycles. The molecular weight excluding hydrogens is 817 g/mol. The summed E-state index contributed by atoms with van der Waals surface area (Å²) in [5.41, 5.74) is 0. The van der Waals surface area contributed by atoms with Crippen molar-refractivity contribution in [2.45, 2.75) is 290 Å². The molecule has 0 aliphatic rings. The van der Waals surface area contributed by atoms with Crippen molar-refractivity contribution in [1.29, 1.82) is 0 Å². The number of hydrogen-bond acceptors (Lipinski definition) is 6. The molecule has 6 nitrogen and oxygen atoms in total. The van der Waals surface area contributed by atoms with Crippen molar-refractivity contribution >= 4 is 17.9 Å². The van der Waals surface area contributed by atoms with Crippen LogP contribution in [0.2, 0.25) is 0 Å². The average molecular weight is 924 g/mol. The van der Waals surface area contributed by atoms with Crippen molar-refractivity contribution < 1.29 is 28.6 Å². The number of unbranched alkanes of at least 4 members (excludes halogenated alkanes) is 31. The van der Waals surface area contributed by atoms with Crippen molar-refractivity contribution in [3.63, 3.8) is 0 Å². The summed E-state index contributed by atoms with van der Waals surface area (Å²) >= 11 is 0. The van der Waals surface area contributed by atoms with Gasteiger partial charge in [-0.05, 0) is 44.9 Å². The number of allylic oxidation sites excluding steroid dienone is 9. The van der Waals surface area contributed by atoms with E-state index in [4.69, 9.17) is 14.2 Å². The smallest absolute Gasteiger partial charge is 0.310 e. The molecule has 0 bridgehead atoms. The van der Waals surface area contributed by atoms with Gasteiger partial charge in [0.05, 0.1) is 6.42 Å². The second-order valence-electron chi connectivity index (χ2n) is 18.9. The van der Waals surface area contributed by atoms with E-state index < -0.39 is 12.1 Å². The first-order valence-corrected chi connectivity index (χ1v) is 28.3. The lowest BCUT2D eigenvalue weighted by Crippen LogP contribution is -2.30. The van der Waals surface area contributed by atoms with Crippen LogP contribution in [0.25, 0.3) is 0 Å². The van der Waals surface area contributed by atoms with Crippen LogP contribution in [0.3, 0.4) is 0 Å². The second-order valence-corrected chi connectivity index (χ2v) is 18.9. The van der Waals surface area contributed by atoms with E-state index in [0.717, 1.165) is 70.6 Å². The van der Waals surface area contributed by atoms with Gasteiger partial charge in [0, 0.05) is 12.8 Å². The van der Waals surface area contributed by atoms with Crippen molar-refractivity contribution in [2.75, 3.05) is 13.2 Å². The molecule has 0 aliphatic heterocycles. The summed E-state index contributed by atoms with van der Waals surface area (Å²) in [6, 6.07) is 0. The minimum Gasteiger partial charge on any atom is -0.462 e. The summed E-state index contributed by atoms with van der Waals surface area (Å²) in [5.74, 6) is -1.03. The van der Waals surface area contributed by atoms with Crippen molar-refractivity contribution in [3.05, 3.63) is 60.8 Å². The first kappa shape index (κ1) is 63.1. The molecule has 0 aromatic carbocycles. The van der Waals surface area contributed by atoms with Crippen molar-refractivity contribution in [3.8, 4) is 0 Å². The standard InChI is InChI=1S/C60H106O6/c1-4-7-10-13-16-19-22-25-28-29-30-31-33-35-38-41-44-47-50-53-59(62)65-56-57(55-64-58(61)52-49-46-43-40-37-34-27-24-21-18-15-12-9-6-3)66-60(63)54-51-48-45-42-39-36-32-26-23-20-17-14-11-8-5-2/h8,11,17,20,26,32,39,42,48,51,57H,4-7,9-10,12-16,18-19,21-25,27-31,33-38,40-41,43-47,49-50,52-56H2,1-3H3/b11-8-,20-17-,32-26-,42-39-,51-48-. The number of carbonyl (C=O) groups is 3. The topological polar surface area (TPSA) is 78.9 Å². The fourth-order valence-corrected chi connectivity index (χ4v) is 8.11. The van der Waals surface area contributed by atoms with Gasteiger partial charge in [-0.2, -0.15) is 0 Å². The predicted molar refractivity (Wildman–Crippen MR) is 284 cm³/mol. The molecule has 0 aromatic rings. The SMILES string of the molecule is CC/C=C\C/C=C\C/C=C\C/C=C\C/C=C\CC(=O)OC(COC(=O)CCCCCCCCCCCCCCCC)COC(=O)CCCCCCCCCCCCCCCCCCCCC. The summed E-state index contributed by atoms with van der Waals surface area (Å²) in [6.07, 6.45) is 68.1. The number of rotatable bonds is 51. The molecule has 0 fully saturated rings. The Kier molecular flexibility index (Phi) is 52.3. The van der Waals surface area contributed by atoms with Gasteiger partial charge in [0.1, 0.15) is 13.2 Å². The molecule has 0 radical (unpaired) electrons. The van der Waals surface area contributed by atoms with E-state index in [9.17, 15) is 14.4 Å². The highest BCUT2D eigenvalue weighted by Crippen LogP contribution is 2.17. The van der Waals surface area contributed by atoms with Gasteiger partial charge in [-0.1, -0.05) is 281 Å². The fraction of sp³-hybridized carbons (Fsp3) is 0.783. The summed E-state index contributed by atoms with van der Waals surface area (Å²) < 4.78 is 16.7. The Morgan fingerprint density at radius 1 is 0.318 bits per heavy atom. The van der Waals surface area contributed by atoms with Crippen LogP contribution >= 0.6 is 0 Å². The lowest BCUT2D eigenvalue weighted by molar-refractivity contribution is -0.166. The largest absolute Gasteiger partial charge is 0.462 e. The Labute approximate surface area is 409 Å². The monoisotopic (exact) mass is 923 g/mol. The molecule has 0 N–H and O–H groups in total. The molecule has 1 atom stereocenters. The highest BCUT2D eigenvalue weighted by atomic mass is 16.6. The minimum absolute atomic E-state index is 0.102. The maximum Gasteiger partial charge on any atom is 0.310 e. The van der Waals surface area contributed by atoms with E-state index in [-0.39, 0.29) is 31.6 Å². The minimum atomic E-state index is -0.824. The molecule has 0 heterocycles. The maximum absolute atomic E-state index is 12.8. The lowest BCUT2D eigenvalue weighted by Gasteiger charge is -2.18. The number of esters is 3. The zero-order valence-corrected chi connectivity index (χ0v) is 43.7. The van der Waals surface area contributed by atoms with Crippen LogP contribution in [0, 0.1) is 0 Å². The number of carbonyl (C=O) groups excluding carboxylic acids is 3. The van der Waals surface area contributed by atoms with Crippen LogP contribution < -0.4 is 0 Å². The summed E-state index contributed by atoms with van der Waals surface area (Å²) in [7, 11) is 0. The summed E-state index contributed by atoms with van der Waals surface area (Å²) in [4.78, 5) is 38.0. The molecule has 0 saturated heterocycles. The zero-order valence-electron chi connectivity index (χ0n) is 43.7. The number of hydrogen-bond donors (Lipinski definition) is 0. The third-order valence-electron chi connectivity index (χ3n) is 12.3. The summed E-state index contributed by atoms with van der Waals surface area (Å²) in [6.45, 7) is 6.48. The van der Waals surface area contributed by atoms with Gasteiger partial charge >= 0.3 is 17.9 Å². The molecule has 6 heteroatoms. The maximum atomic E-state index is 12.8. The fourth-order valence-electron chi connectivity index (χ4n) is 8.11. The van der Waals surface area contributed by atoms with Crippen LogP contribution in [-0.4, -0.2) is 37.2 Å². The Bertz CT molecular complexity index is 1200. The third-order valence-corrected chi connectivity index (χ3v) is 12.3. The molecule has 0 amide bonds. The van der Waals surface area contributed by atoms with Gasteiger partial charge in [-0.3, -0.25) is 14.4 Å². The van der Waals surface area contributed by atoms with Crippen LogP contribution in [0.1, 0.15) is 284 Å². The van der Waals surface area contributed by atoms with Crippen LogP contribution in [0.5, 0.6) is 0 Å². The molecule has 1 unspecified atom stereocenters. The first-order chi connectivity index (χ1) is 32.5.